The number of aromatic carboxylic acids is 1. The highest BCUT2D eigenvalue weighted by Gasteiger charge is 2.13. The van der Waals surface area contributed by atoms with E-state index >= 15 is 0 Å². The number of hydrogen-bond acceptors (Lipinski definition) is 4. The predicted molar refractivity (Wildman–Crippen MR) is 60.2 cm³/mol. The van der Waals surface area contributed by atoms with Crippen LogP contribution in [0.4, 0.5) is 5.69 Å². The van der Waals surface area contributed by atoms with Gasteiger partial charge in [-0.2, -0.15) is 0 Å². The Hall–Kier alpha value is -2.08. The van der Waals surface area contributed by atoms with Crippen LogP contribution in [-0.4, -0.2) is 35.8 Å². The molecule has 0 unspecified atom stereocenters. The van der Waals surface area contributed by atoms with Gasteiger partial charge in [-0.05, 0) is 18.2 Å². The van der Waals surface area contributed by atoms with Crippen LogP contribution < -0.4 is 5.32 Å². The van der Waals surface area contributed by atoms with E-state index < -0.39 is 5.97 Å². The zero-order chi connectivity index (χ0) is 12.8. The van der Waals surface area contributed by atoms with Crippen LogP contribution >= 0.6 is 0 Å². The maximum absolute atomic E-state index is 11.4. The summed E-state index contributed by atoms with van der Waals surface area (Å²) in [6.45, 7) is 0.256. The third kappa shape index (κ3) is 3.76. The SMILES string of the molecule is COCCC(=O)Nc1ccc(O)cc1C(=O)O. The molecule has 6 nitrogen and oxygen atoms in total. The molecule has 92 valence electrons. The lowest BCUT2D eigenvalue weighted by Crippen LogP contribution is -2.16. The minimum Gasteiger partial charge on any atom is -0.508 e. The van der Waals surface area contributed by atoms with Crippen molar-refractivity contribution in [3.63, 3.8) is 0 Å². The Kier molecular flexibility index (Phi) is 4.47. The van der Waals surface area contributed by atoms with Crippen molar-refractivity contribution >= 4 is 17.6 Å². The molecule has 0 saturated heterocycles. The Balaban J connectivity index is 2.83. The van der Waals surface area contributed by atoms with Crippen LogP contribution in [0.5, 0.6) is 5.75 Å². The van der Waals surface area contributed by atoms with Gasteiger partial charge >= 0.3 is 5.97 Å². The maximum Gasteiger partial charge on any atom is 0.337 e. The second-order valence-corrected chi connectivity index (χ2v) is 3.33. The van der Waals surface area contributed by atoms with E-state index in [4.69, 9.17) is 14.9 Å². The van der Waals surface area contributed by atoms with Gasteiger partial charge < -0.3 is 20.3 Å². The number of nitrogens with one attached hydrogen (secondary N) is 1. The van der Waals surface area contributed by atoms with Gasteiger partial charge in [0.2, 0.25) is 5.91 Å². The first kappa shape index (κ1) is 13.0. The summed E-state index contributed by atoms with van der Waals surface area (Å²) in [4.78, 5) is 22.3. The lowest BCUT2D eigenvalue weighted by atomic mass is 10.1. The molecule has 0 atom stereocenters. The maximum atomic E-state index is 11.4. The van der Waals surface area contributed by atoms with E-state index in [9.17, 15) is 9.59 Å². The first-order valence-corrected chi connectivity index (χ1v) is 4.89. The van der Waals surface area contributed by atoms with Crippen molar-refractivity contribution in [2.45, 2.75) is 6.42 Å². The smallest absolute Gasteiger partial charge is 0.337 e. The predicted octanol–water partition coefficient (Wildman–Crippen LogP) is 1.07. The highest BCUT2D eigenvalue weighted by atomic mass is 16.5. The zero-order valence-corrected chi connectivity index (χ0v) is 9.27. The summed E-state index contributed by atoms with van der Waals surface area (Å²) in [6.07, 6.45) is 0.135. The number of carboxylic acids is 1. The van der Waals surface area contributed by atoms with Crippen molar-refractivity contribution < 1.29 is 24.5 Å². The first-order valence-electron chi connectivity index (χ1n) is 4.89. The molecule has 0 heterocycles. The molecule has 0 aliphatic carbocycles. The quantitative estimate of drug-likeness (QED) is 0.668. The van der Waals surface area contributed by atoms with E-state index in [-0.39, 0.29) is 35.9 Å². The molecule has 0 saturated carbocycles. The van der Waals surface area contributed by atoms with Crippen LogP contribution in [0, 0.1) is 0 Å². The molecule has 0 spiro atoms. The molecular weight excluding hydrogens is 226 g/mol. The summed E-state index contributed by atoms with van der Waals surface area (Å²) in [7, 11) is 1.47. The van der Waals surface area contributed by atoms with Crippen molar-refractivity contribution in [3.8, 4) is 5.75 Å². The minimum absolute atomic E-state index is 0.135. The number of aromatic hydroxyl groups is 1. The monoisotopic (exact) mass is 239 g/mol. The van der Waals surface area contributed by atoms with Crippen LogP contribution in [0.3, 0.4) is 0 Å². The zero-order valence-electron chi connectivity index (χ0n) is 9.27. The van der Waals surface area contributed by atoms with E-state index in [1.807, 2.05) is 0 Å². The van der Waals surface area contributed by atoms with Crippen LogP contribution in [0.25, 0.3) is 0 Å². The molecule has 17 heavy (non-hydrogen) atoms. The fourth-order valence-electron chi connectivity index (χ4n) is 1.23. The number of phenols is 1. The van der Waals surface area contributed by atoms with E-state index in [1.165, 1.54) is 19.2 Å². The van der Waals surface area contributed by atoms with Gasteiger partial charge in [-0.15, -0.1) is 0 Å². The van der Waals surface area contributed by atoms with E-state index in [1.54, 1.807) is 0 Å². The van der Waals surface area contributed by atoms with Gasteiger partial charge in [0, 0.05) is 7.11 Å². The Morgan fingerprint density at radius 3 is 2.71 bits per heavy atom. The fraction of sp³-hybridized carbons (Fsp3) is 0.273. The van der Waals surface area contributed by atoms with Crippen molar-refractivity contribution in [2.75, 3.05) is 19.0 Å². The average Bonchev–Trinajstić information content (AvgIpc) is 2.28. The number of hydrogen-bond donors (Lipinski definition) is 3. The summed E-state index contributed by atoms with van der Waals surface area (Å²) in [5, 5.41) is 20.5. The first-order chi connectivity index (χ1) is 8.04. The Morgan fingerprint density at radius 1 is 1.41 bits per heavy atom. The third-order valence-corrected chi connectivity index (χ3v) is 2.04. The number of anilines is 1. The Bertz CT molecular complexity index is 430. The molecule has 0 bridgehead atoms. The lowest BCUT2D eigenvalue weighted by molar-refractivity contribution is -0.117. The molecule has 1 aromatic rings. The minimum atomic E-state index is -1.22. The lowest BCUT2D eigenvalue weighted by Gasteiger charge is -2.08. The van der Waals surface area contributed by atoms with Crippen LogP contribution in [0.2, 0.25) is 0 Å². The summed E-state index contributed by atoms with van der Waals surface area (Å²) >= 11 is 0. The van der Waals surface area contributed by atoms with Gasteiger partial charge in [-0.25, -0.2) is 4.79 Å². The molecule has 0 fully saturated rings. The summed E-state index contributed by atoms with van der Waals surface area (Å²) < 4.78 is 4.73. The van der Waals surface area contributed by atoms with Crippen molar-refractivity contribution in [1.29, 1.82) is 0 Å². The van der Waals surface area contributed by atoms with Crippen LogP contribution in [0.15, 0.2) is 18.2 Å². The number of phenolic OH excluding ortho intramolecular Hbond substituents is 1. The average molecular weight is 239 g/mol. The number of rotatable bonds is 5. The second kappa shape index (κ2) is 5.86. The molecular formula is C11H13NO5. The number of carbonyl (C=O) groups is 2. The molecule has 0 radical (unpaired) electrons. The number of methoxy groups -OCH3 is 1. The standard InChI is InChI=1S/C11H13NO5/c1-17-5-4-10(14)12-9-3-2-7(13)6-8(9)11(15)16/h2-3,6,13H,4-5H2,1H3,(H,12,14)(H,15,16). The molecule has 0 aliphatic rings. The van der Waals surface area contributed by atoms with Gasteiger partial charge in [-0.3, -0.25) is 4.79 Å². The number of ether oxygens (including phenoxy) is 1. The normalized spacial score (nSPS) is 9.94. The summed E-state index contributed by atoms with van der Waals surface area (Å²) in [5.41, 5.74) is -0.00725. The van der Waals surface area contributed by atoms with E-state index in [0.717, 1.165) is 6.07 Å². The number of benzene rings is 1. The van der Waals surface area contributed by atoms with Gasteiger partial charge in [0.05, 0.1) is 24.3 Å². The second-order valence-electron chi connectivity index (χ2n) is 3.33. The third-order valence-electron chi connectivity index (χ3n) is 2.04. The largest absolute Gasteiger partial charge is 0.508 e. The fourth-order valence-corrected chi connectivity index (χ4v) is 1.23. The number of amides is 1. The Labute approximate surface area is 97.8 Å². The highest BCUT2D eigenvalue weighted by Crippen LogP contribution is 2.21. The van der Waals surface area contributed by atoms with Gasteiger partial charge in [0.25, 0.3) is 0 Å². The molecule has 1 amide bonds. The van der Waals surface area contributed by atoms with Gasteiger partial charge in [0.15, 0.2) is 0 Å². The topological polar surface area (TPSA) is 95.9 Å². The molecule has 3 N–H and O–H groups in total. The highest BCUT2D eigenvalue weighted by molar-refractivity contribution is 6.00. The molecule has 6 heteroatoms. The Morgan fingerprint density at radius 2 is 2.12 bits per heavy atom. The summed E-state index contributed by atoms with van der Waals surface area (Å²) in [6, 6.07) is 3.72. The molecule has 1 rings (SSSR count). The van der Waals surface area contributed by atoms with E-state index in [2.05, 4.69) is 5.32 Å². The van der Waals surface area contributed by atoms with E-state index in [0.29, 0.717) is 0 Å². The van der Waals surface area contributed by atoms with Crippen LogP contribution in [-0.2, 0) is 9.53 Å². The van der Waals surface area contributed by atoms with Crippen molar-refractivity contribution in [2.24, 2.45) is 0 Å². The molecule has 0 aliphatic heterocycles. The summed E-state index contributed by atoms with van der Waals surface area (Å²) in [5.74, 6) is -1.74. The number of carbonyl (C=O) groups excluding carboxylic acids is 1. The van der Waals surface area contributed by atoms with Gasteiger partial charge in [-0.1, -0.05) is 0 Å². The molecule has 1 aromatic carbocycles. The number of carboxylic acid groups (broad SMARTS) is 1. The van der Waals surface area contributed by atoms with Crippen molar-refractivity contribution in [1.82, 2.24) is 0 Å². The van der Waals surface area contributed by atoms with Gasteiger partial charge in [0.1, 0.15) is 5.75 Å². The molecule has 0 aromatic heterocycles. The van der Waals surface area contributed by atoms with Crippen molar-refractivity contribution in [3.05, 3.63) is 23.8 Å². The van der Waals surface area contributed by atoms with Crippen LogP contribution in [0.1, 0.15) is 16.8 Å².